The average molecular weight is 240 g/mol. The van der Waals surface area contributed by atoms with Crippen molar-refractivity contribution < 1.29 is 9.13 Å². The molecule has 0 heterocycles. The summed E-state index contributed by atoms with van der Waals surface area (Å²) in [5, 5.41) is 9.24. The van der Waals surface area contributed by atoms with Gasteiger partial charge in [-0.25, -0.2) is 4.39 Å². The summed E-state index contributed by atoms with van der Waals surface area (Å²) in [7, 11) is 1.46. The molecule has 0 aliphatic heterocycles. The van der Waals surface area contributed by atoms with Crippen LogP contribution < -0.4 is 4.74 Å². The number of nitrogens with zero attached hydrogens (tertiary/aromatic N) is 1. The van der Waals surface area contributed by atoms with E-state index in [1.54, 1.807) is 6.07 Å². The van der Waals surface area contributed by atoms with Crippen LogP contribution in [0.2, 0.25) is 5.02 Å². The van der Waals surface area contributed by atoms with Crippen LogP contribution in [0.5, 0.6) is 5.75 Å². The van der Waals surface area contributed by atoms with Gasteiger partial charge < -0.3 is 4.74 Å². The third-order valence-corrected chi connectivity index (χ3v) is 3.56. The van der Waals surface area contributed by atoms with E-state index in [9.17, 15) is 9.65 Å². The predicted octanol–water partition coefficient (Wildman–Crippen LogP) is 3.43. The Hall–Kier alpha value is -1.27. The first-order chi connectivity index (χ1) is 7.63. The van der Waals surface area contributed by atoms with Gasteiger partial charge >= 0.3 is 0 Å². The molecule has 0 saturated heterocycles. The van der Waals surface area contributed by atoms with Crippen LogP contribution >= 0.6 is 11.6 Å². The van der Waals surface area contributed by atoms with Crippen LogP contribution in [0.1, 0.15) is 24.8 Å². The van der Waals surface area contributed by atoms with Crippen molar-refractivity contribution in [1.82, 2.24) is 0 Å². The fourth-order valence-corrected chi connectivity index (χ4v) is 2.29. The Kier molecular flexibility index (Phi) is 2.77. The number of nitriles is 1. The van der Waals surface area contributed by atoms with Crippen molar-refractivity contribution in [3.05, 3.63) is 28.5 Å². The molecule has 0 aromatic heterocycles. The maximum Gasteiger partial charge on any atom is 0.145 e. The fourth-order valence-electron chi connectivity index (χ4n) is 2.00. The molecule has 2 nitrogen and oxygen atoms in total. The van der Waals surface area contributed by atoms with Crippen LogP contribution in [0, 0.1) is 17.1 Å². The number of ether oxygens (including phenoxy) is 1. The zero-order valence-electron chi connectivity index (χ0n) is 8.89. The molecule has 1 aromatic carbocycles. The zero-order valence-corrected chi connectivity index (χ0v) is 9.64. The Morgan fingerprint density at radius 2 is 2.19 bits per heavy atom. The van der Waals surface area contributed by atoms with E-state index in [1.807, 2.05) is 0 Å². The number of rotatable bonds is 2. The molecule has 1 aliphatic carbocycles. The van der Waals surface area contributed by atoms with E-state index in [0.717, 1.165) is 19.3 Å². The van der Waals surface area contributed by atoms with Gasteiger partial charge in [0.1, 0.15) is 11.6 Å². The second-order valence-electron chi connectivity index (χ2n) is 4.02. The second kappa shape index (κ2) is 3.95. The first-order valence-electron chi connectivity index (χ1n) is 5.08. The van der Waals surface area contributed by atoms with Gasteiger partial charge in [0.2, 0.25) is 0 Å². The molecule has 84 valence electrons. The molecule has 1 fully saturated rings. The maximum absolute atomic E-state index is 13.5. The summed E-state index contributed by atoms with van der Waals surface area (Å²) >= 11 is 5.92. The van der Waals surface area contributed by atoms with E-state index >= 15 is 0 Å². The van der Waals surface area contributed by atoms with Crippen molar-refractivity contribution in [3.8, 4) is 11.8 Å². The molecule has 0 spiro atoms. The number of hydrogen-bond donors (Lipinski definition) is 0. The van der Waals surface area contributed by atoms with Crippen LogP contribution in [-0.2, 0) is 5.41 Å². The summed E-state index contributed by atoms with van der Waals surface area (Å²) in [6.45, 7) is 0. The van der Waals surface area contributed by atoms with Crippen LogP contribution in [0.25, 0.3) is 0 Å². The van der Waals surface area contributed by atoms with Crippen molar-refractivity contribution in [2.45, 2.75) is 24.7 Å². The molecule has 0 radical (unpaired) electrons. The lowest BCUT2D eigenvalue weighted by Crippen LogP contribution is -2.32. The summed E-state index contributed by atoms with van der Waals surface area (Å²) < 4.78 is 18.5. The number of hydrogen-bond acceptors (Lipinski definition) is 2. The molecule has 1 saturated carbocycles. The largest absolute Gasteiger partial charge is 0.497 e. The molecular formula is C12H11ClFNO. The summed E-state index contributed by atoms with van der Waals surface area (Å²) in [5.41, 5.74) is -0.0632. The van der Waals surface area contributed by atoms with Gasteiger partial charge in [-0.2, -0.15) is 5.26 Å². The lowest BCUT2D eigenvalue weighted by atomic mass is 9.65. The summed E-state index contributed by atoms with van der Waals surface area (Å²) in [4.78, 5) is 0. The van der Waals surface area contributed by atoms with Gasteiger partial charge in [0, 0.05) is 6.07 Å². The van der Waals surface area contributed by atoms with E-state index < -0.39 is 11.2 Å². The third kappa shape index (κ3) is 1.54. The van der Waals surface area contributed by atoms with Crippen LogP contribution in [0.4, 0.5) is 4.39 Å². The maximum atomic E-state index is 13.5. The van der Waals surface area contributed by atoms with Gasteiger partial charge in [0.05, 0.1) is 23.6 Å². The van der Waals surface area contributed by atoms with Crippen molar-refractivity contribution in [1.29, 1.82) is 5.26 Å². The highest BCUT2D eigenvalue weighted by molar-refractivity contribution is 6.31. The molecule has 0 unspecified atom stereocenters. The highest BCUT2D eigenvalue weighted by atomic mass is 35.5. The van der Waals surface area contributed by atoms with Crippen molar-refractivity contribution >= 4 is 11.6 Å². The van der Waals surface area contributed by atoms with Gasteiger partial charge in [-0.1, -0.05) is 11.6 Å². The van der Waals surface area contributed by atoms with Gasteiger partial charge in [-0.3, -0.25) is 0 Å². The first kappa shape index (κ1) is 11.2. The molecular weight excluding hydrogens is 229 g/mol. The Bertz CT molecular complexity index is 463. The van der Waals surface area contributed by atoms with Gasteiger partial charge in [0.25, 0.3) is 0 Å². The normalized spacial score (nSPS) is 17.4. The van der Waals surface area contributed by atoms with Gasteiger partial charge in [-0.15, -0.1) is 0 Å². The number of halogens is 2. The minimum atomic E-state index is -0.619. The van der Waals surface area contributed by atoms with E-state index in [1.165, 1.54) is 13.2 Å². The fraction of sp³-hybridized carbons (Fsp3) is 0.417. The standard InChI is InChI=1S/C12H11ClFNO/c1-16-8-5-9(11(13)10(14)6-8)12(7-15)3-2-4-12/h5-6H,2-4H2,1H3. The van der Waals surface area contributed by atoms with E-state index in [2.05, 4.69) is 6.07 Å². The van der Waals surface area contributed by atoms with Crippen LogP contribution in [-0.4, -0.2) is 7.11 Å². The Balaban J connectivity index is 2.55. The molecule has 16 heavy (non-hydrogen) atoms. The lowest BCUT2D eigenvalue weighted by molar-refractivity contribution is 0.320. The Morgan fingerprint density at radius 3 is 2.62 bits per heavy atom. The van der Waals surface area contributed by atoms with Crippen molar-refractivity contribution in [2.75, 3.05) is 7.11 Å². The molecule has 0 N–H and O–H groups in total. The highest BCUT2D eigenvalue weighted by Gasteiger charge is 2.41. The summed E-state index contributed by atoms with van der Waals surface area (Å²) in [5.74, 6) is -0.129. The van der Waals surface area contributed by atoms with Crippen LogP contribution in [0.3, 0.4) is 0 Å². The van der Waals surface area contributed by atoms with Gasteiger partial charge in [-0.05, 0) is 30.9 Å². The van der Waals surface area contributed by atoms with E-state index in [-0.39, 0.29) is 5.02 Å². The molecule has 1 aromatic rings. The Labute approximate surface area is 98.6 Å². The molecule has 2 rings (SSSR count). The predicted molar refractivity (Wildman–Crippen MR) is 59.1 cm³/mol. The van der Waals surface area contributed by atoms with Crippen LogP contribution in [0.15, 0.2) is 12.1 Å². The minimum absolute atomic E-state index is 0.0436. The Morgan fingerprint density at radius 1 is 1.50 bits per heavy atom. The van der Waals surface area contributed by atoms with Crippen molar-refractivity contribution in [3.63, 3.8) is 0 Å². The summed E-state index contributed by atoms with van der Waals surface area (Å²) in [6, 6.07) is 5.14. The van der Waals surface area contributed by atoms with E-state index in [0.29, 0.717) is 11.3 Å². The van der Waals surface area contributed by atoms with Gasteiger partial charge in [0.15, 0.2) is 0 Å². The lowest BCUT2D eigenvalue weighted by Gasteiger charge is -2.36. The molecule has 0 bridgehead atoms. The smallest absolute Gasteiger partial charge is 0.145 e. The minimum Gasteiger partial charge on any atom is -0.497 e. The molecule has 0 atom stereocenters. The summed E-state index contributed by atoms with van der Waals surface area (Å²) in [6.07, 6.45) is 2.44. The number of methoxy groups -OCH3 is 1. The van der Waals surface area contributed by atoms with Crippen molar-refractivity contribution in [2.24, 2.45) is 0 Å². The molecule has 1 aliphatic rings. The highest BCUT2D eigenvalue weighted by Crippen LogP contribution is 2.47. The average Bonchev–Trinajstić information content (AvgIpc) is 2.23. The monoisotopic (exact) mass is 239 g/mol. The first-order valence-corrected chi connectivity index (χ1v) is 5.45. The van der Waals surface area contributed by atoms with E-state index in [4.69, 9.17) is 16.3 Å². The zero-order chi connectivity index (χ0) is 11.8. The quantitative estimate of drug-likeness (QED) is 0.792. The third-order valence-electron chi connectivity index (χ3n) is 3.17. The second-order valence-corrected chi connectivity index (χ2v) is 4.40. The molecule has 0 amide bonds. The SMILES string of the molecule is COc1cc(F)c(Cl)c(C2(C#N)CCC2)c1. The number of benzene rings is 1. The topological polar surface area (TPSA) is 33.0 Å². The molecule has 4 heteroatoms.